The van der Waals surface area contributed by atoms with Crippen molar-refractivity contribution in [3.05, 3.63) is 23.8 Å². The lowest BCUT2D eigenvalue weighted by molar-refractivity contribution is 0.122. The average Bonchev–Trinajstić information content (AvgIpc) is 2.48. The van der Waals surface area contributed by atoms with Gasteiger partial charge < -0.3 is 20.1 Å². The summed E-state index contributed by atoms with van der Waals surface area (Å²) in [6.07, 6.45) is 1.63. The van der Waals surface area contributed by atoms with Crippen molar-refractivity contribution in [3.63, 3.8) is 0 Å². The minimum Gasteiger partial charge on any atom is -0.496 e. The van der Waals surface area contributed by atoms with E-state index in [0.717, 1.165) is 43.3 Å². The molecule has 1 aliphatic rings. The van der Waals surface area contributed by atoms with Crippen LogP contribution in [0.4, 0.5) is 5.69 Å². The highest BCUT2D eigenvalue weighted by Crippen LogP contribution is 2.25. The molecule has 1 aromatic carbocycles. The fraction of sp³-hybridized carbons (Fsp3) is 0.385. The molecule has 0 atom stereocenters. The molecular formula is C13H18N4O2S. The minimum atomic E-state index is 0.130. The Morgan fingerprint density at radius 3 is 2.90 bits per heavy atom. The van der Waals surface area contributed by atoms with Crippen LogP contribution in [0, 0.1) is 0 Å². The summed E-state index contributed by atoms with van der Waals surface area (Å²) in [5.41, 5.74) is 9.80. The second kappa shape index (κ2) is 7.06. The Kier molecular flexibility index (Phi) is 5.14. The smallest absolute Gasteiger partial charge is 0.184 e. The number of hydrogen-bond donors (Lipinski definition) is 2. The molecule has 1 aromatic rings. The first-order valence-electron chi connectivity index (χ1n) is 6.30. The molecule has 0 spiro atoms. The molecule has 0 aliphatic carbocycles. The van der Waals surface area contributed by atoms with Crippen LogP contribution in [0.2, 0.25) is 0 Å². The van der Waals surface area contributed by atoms with E-state index in [9.17, 15) is 0 Å². The minimum absolute atomic E-state index is 0.130. The summed E-state index contributed by atoms with van der Waals surface area (Å²) in [5.74, 6) is 0.752. The van der Waals surface area contributed by atoms with Crippen LogP contribution in [0.15, 0.2) is 23.3 Å². The summed E-state index contributed by atoms with van der Waals surface area (Å²) in [5, 5.41) is 4.07. The highest BCUT2D eigenvalue weighted by atomic mass is 32.1. The van der Waals surface area contributed by atoms with Crippen LogP contribution in [0.1, 0.15) is 5.56 Å². The third-order valence-corrected chi connectivity index (χ3v) is 3.06. The quantitative estimate of drug-likeness (QED) is 0.484. The van der Waals surface area contributed by atoms with Gasteiger partial charge in [-0.15, -0.1) is 0 Å². The van der Waals surface area contributed by atoms with Crippen LogP contribution in [-0.4, -0.2) is 44.7 Å². The van der Waals surface area contributed by atoms with E-state index in [1.54, 1.807) is 13.3 Å². The number of rotatable bonds is 4. The molecule has 1 heterocycles. The van der Waals surface area contributed by atoms with Crippen molar-refractivity contribution in [2.45, 2.75) is 0 Å². The molecule has 1 aliphatic heterocycles. The first kappa shape index (κ1) is 14.5. The molecule has 0 unspecified atom stereocenters. The van der Waals surface area contributed by atoms with Gasteiger partial charge in [-0.25, -0.2) is 0 Å². The number of anilines is 1. The van der Waals surface area contributed by atoms with E-state index in [0.29, 0.717) is 0 Å². The van der Waals surface area contributed by atoms with Gasteiger partial charge in [0.05, 0.1) is 26.5 Å². The molecule has 108 valence electrons. The first-order valence-corrected chi connectivity index (χ1v) is 6.71. The highest BCUT2D eigenvalue weighted by molar-refractivity contribution is 7.80. The number of methoxy groups -OCH3 is 1. The summed E-state index contributed by atoms with van der Waals surface area (Å²) in [6.45, 7) is 3.28. The molecule has 1 saturated heterocycles. The molecule has 7 heteroatoms. The van der Waals surface area contributed by atoms with Gasteiger partial charge in [-0.3, -0.25) is 5.43 Å². The van der Waals surface area contributed by atoms with E-state index >= 15 is 0 Å². The summed E-state index contributed by atoms with van der Waals surface area (Å²) in [7, 11) is 1.64. The summed E-state index contributed by atoms with van der Waals surface area (Å²) < 4.78 is 10.7. The first-order chi connectivity index (χ1) is 9.70. The molecule has 0 amide bonds. The number of nitrogens with zero attached hydrogens (tertiary/aromatic N) is 2. The Bertz CT molecular complexity index is 501. The van der Waals surface area contributed by atoms with Gasteiger partial charge in [-0.2, -0.15) is 5.10 Å². The zero-order chi connectivity index (χ0) is 14.4. The van der Waals surface area contributed by atoms with Crippen LogP contribution >= 0.6 is 12.2 Å². The number of benzene rings is 1. The predicted octanol–water partition coefficient (Wildman–Crippen LogP) is 0.699. The van der Waals surface area contributed by atoms with Crippen LogP contribution in [0.5, 0.6) is 5.75 Å². The number of hydrogen-bond acceptors (Lipinski definition) is 5. The summed E-state index contributed by atoms with van der Waals surface area (Å²) >= 11 is 4.68. The van der Waals surface area contributed by atoms with Crippen molar-refractivity contribution < 1.29 is 9.47 Å². The molecule has 0 saturated carbocycles. The van der Waals surface area contributed by atoms with Gasteiger partial charge >= 0.3 is 0 Å². The van der Waals surface area contributed by atoms with Gasteiger partial charge in [0.1, 0.15) is 5.75 Å². The van der Waals surface area contributed by atoms with Gasteiger partial charge in [0, 0.05) is 30.4 Å². The second-order valence-corrected chi connectivity index (χ2v) is 4.70. The third kappa shape index (κ3) is 3.82. The molecule has 6 nitrogen and oxygen atoms in total. The molecule has 20 heavy (non-hydrogen) atoms. The molecular weight excluding hydrogens is 276 g/mol. The molecule has 0 aromatic heterocycles. The van der Waals surface area contributed by atoms with Crippen LogP contribution in [-0.2, 0) is 4.74 Å². The average molecular weight is 294 g/mol. The predicted molar refractivity (Wildman–Crippen MR) is 83.5 cm³/mol. The molecule has 1 fully saturated rings. The van der Waals surface area contributed by atoms with E-state index in [4.69, 9.17) is 15.2 Å². The van der Waals surface area contributed by atoms with E-state index in [2.05, 4.69) is 27.6 Å². The van der Waals surface area contributed by atoms with Gasteiger partial charge in [-0.1, -0.05) is 0 Å². The van der Waals surface area contributed by atoms with Gasteiger partial charge in [0.15, 0.2) is 5.11 Å². The number of nitrogens with one attached hydrogen (secondary N) is 1. The monoisotopic (exact) mass is 294 g/mol. The van der Waals surface area contributed by atoms with Crippen molar-refractivity contribution in [1.29, 1.82) is 0 Å². The number of thiocarbonyl (C=S) groups is 1. The highest BCUT2D eigenvalue weighted by Gasteiger charge is 2.12. The van der Waals surface area contributed by atoms with E-state index in [1.165, 1.54) is 0 Å². The van der Waals surface area contributed by atoms with Crippen molar-refractivity contribution in [2.24, 2.45) is 10.8 Å². The standard InChI is InChI=1S/C13H18N4O2S/c1-18-12-8-11(17-4-6-19-7-5-17)3-2-10(12)9-15-16-13(14)20/h2-3,8-9H,4-7H2,1H3,(H3,14,16,20). The van der Waals surface area contributed by atoms with Crippen LogP contribution < -0.4 is 20.8 Å². The Balaban J connectivity index is 2.14. The molecule has 2 rings (SSSR count). The summed E-state index contributed by atoms with van der Waals surface area (Å²) in [4.78, 5) is 2.26. The maximum atomic E-state index is 5.39. The number of hydrazone groups is 1. The Labute approximate surface area is 123 Å². The topological polar surface area (TPSA) is 72.1 Å². The Hall–Kier alpha value is -1.86. The van der Waals surface area contributed by atoms with Crippen molar-refractivity contribution in [1.82, 2.24) is 5.43 Å². The van der Waals surface area contributed by atoms with Gasteiger partial charge in [-0.05, 0) is 24.4 Å². The van der Waals surface area contributed by atoms with Crippen LogP contribution in [0.25, 0.3) is 0 Å². The third-order valence-electron chi connectivity index (χ3n) is 2.97. The molecule has 3 N–H and O–H groups in total. The number of nitrogens with two attached hydrogens (primary N) is 1. The lowest BCUT2D eigenvalue weighted by Gasteiger charge is -2.29. The van der Waals surface area contributed by atoms with E-state index < -0.39 is 0 Å². The van der Waals surface area contributed by atoms with E-state index in [-0.39, 0.29) is 5.11 Å². The van der Waals surface area contributed by atoms with Crippen molar-refractivity contribution in [2.75, 3.05) is 38.3 Å². The van der Waals surface area contributed by atoms with Crippen LogP contribution in [0.3, 0.4) is 0 Å². The SMILES string of the molecule is COc1cc(N2CCOCC2)ccc1C=NNC(N)=S. The van der Waals surface area contributed by atoms with Crippen molar-refractivity contribution in [3.8, 4) is 5.75 Å². The Morgan fingerprint density at radius 1 is 1.50 bits per heavy atom. The second-order valence-electron chi connectivity index (χ2n) is 4.26. The summed E-state index contributed by atoms with van der Waals surface area (Å²) in [6, 6.07) is 5.98. The maximum Gasteiger partial charge on any atom is 0.184 e. The number of morpholine rings is 1. The molecule has 0 bridgehead atoms. The van der Waals surface area contributed by atoms with Gasteiger partial charge in [0.2, 0.25) is 0 Å². The molecule has 0 radical (unpaired) electrons. The lowest BCUT2D eigenvalue weighted by Crippen LogP contribution is -2.36. The lowest BCUT2D eigenvalue weighted by atomic mass is 10.1. The fourth-order valence-corrected chi connectivity index (χ4v) is 2.04. The van der Waals surface area contributed by atoms with Crippen molar-refractivity contribution >= 4 is 29.2 Å². The number of ether oxygens (including phenoxy) is 2. The maximum absolute atomic E-state index is 5.39. The van der Waals surface area contributed by atoms with E-state index in [1.807, 2.05) is 18.2 Å². The largest absolute Gasteiger partial charge is 0.496 e. The van der Waals surface area contributed by atoms with Gasteiger partial charge in [0.25, 0.3) is 0 Å². The zero-order valence-corrected chi connectivity index (χ0v) is 12.2. The zero-order valence-electron chi connectivity index (χ0n) is 11.3. The fourth-order valence-electron chi connectivity index (χ4n) is 1.99. The normalized spacial score (nSPS) is 15.3. The Morgan fingerprint density at radius 2 is 2.25 bits per heavy atom.